The van der Waals surface area contributed by atoms with Gasteiger partial charge in [-0.05, 0) is 65.5 Å². The molecule has 0 aliphatic carbocycles. The number of carbonyl (C=O) groups excluding carboxylic acids is 1. The summed E-state index contributed by atoms with van der Waals surface area (Å²) in [6.45, 7) is 10.4. The second-order valence-electron chi connectivity index (χ2n) is 10.9. The molecule has 2 aromatic heterocycles. The number of hydrogen-bond donors (Lipinski definition) is 0. The van der Waals surface area contributed by atoms with Crippen molar-refractivity contribution >= 4 is 28.7 Å². The van der Waals surface area contributed by atoms with Crippen molar-refractivity contribution in [2.24, 2.45) is 5.41 Å². The summed E-state index contributed by atoms with van der Waals surface area (Å²) >= 11 is 6.21. The predicted molar refractivity (Wildman–Crippen MR) is 126 cm³/mol. The number of aromatic nitrogens is 3. The van der Waals surface area contributed by atoms with Gasteiger partial charge in [0.2, 0.25) is 0 Å². The molecule has 3 aliphatic heterocycles. The third kappa shape index (κ3) is 4.84. The molecule has 3 fully saturated rings. The first-order chi connectivity index (χ1) is 15.7. The van der Waals surface area contributed by atoms with Crippen LogP contribution in [0.3, 0.4) is 0 Å². The van der Waals surface area contributed by atoms with Crippen molar-refractivity contribution in [1.29, 1.82) is 0 Å². The Morgan fingerprint density at radius 1 is 1.24 bits per heavy atom. The van der Waals surface area contributed by atoms with Gasteiger partial charge in [0.15, 0.2) is 0 Å². The molecule has 0 bridgehead atoms. The van der Waals surface area contributed by atoms with E-state index in [0.717, 1.165) is 69.4 Å². The van der Waals surface area contributed by atoms with Gasteiger partial charge >= 0.3 is 6.09 Å². The zero-order valence-electron chi connectivity index (χ0n) is 19.8. The molecule has 1 amide bonds. The average molecular weight is 476 g/mol. The second-order valence-corrected chi connectivity index (χ2v) is 11.3. The van der Waals surface area contributed by atoms with Gasteiger partial charge in [0.1, 0.15) is 29.0 Å². The molecule has 33 heavy (non-hydrogen) atoms. The molecule has 0 saturated carbocycles. The van der Waals surface area contributed by atoms with Crippen LogP contribution in [-0.4, -0.2) is 74.9 Å². The number of carbonyl (C=O) groups is 1. The highest BCUT2D eigenvalue weighted by molar-refractivity contribution is 6.33. The lowest BCUT2D eigenvalue weighted by Crippen LogP contribution is -2.47. The van der Waals surface area contributed by atoms with Gasteiger partial charge in [-0.15, -0.1) is 0 Å². The van der Waals surface area contributed by atoms with Crippen molar-refractivity contribution in [3.63, 3.8) is 0 Å². The van der Waals surface area contributed by atoms with Crippen LogP contribution in [0.1, 0.15) is 59.1 Å². The predicted octanol–water partition coefficient (Wildman–Crippen LogP) is 4.49. The third-order valence-electron chi connectivity index (χ3n) is 7.15. The van der Waals surface area contributed by atoms with E-state index >= 15 is 0 Å². The molecule has 3 unspecified atom stereocenters. The van der Waals surface area contributed by atoms with Crippen LogP contribution < -0.4 is 0 Å². The minimum atomic E-state index is -0.454. The highest BCUT2D eigenvalue weighted by Crippen LogP contribution is 2.40. The number of nitrogens with zero attached hydrogens (tertiary/aromatic N) is 5. The molecule has 8 nitrogen and oxygen atoms in total. The van der Waals surface area contributed by atoms with Crippen LogP contribution in [-0.2, 0) is 9.47 Å². The minimum absolute atomic E-state index is 0.0219. The number of amides is 1. The van der Waals surface area contributed by atoms with E-state index in [1.165, 1.54) is 12.7 Å². The molecule has 3 aliphatic rings. The Hall–Kier alpha value is -1.90. The maximum Gasteiger partial charge on any atom is 0.410 e. The number of likely N-dealkylation sites (tertiary alicyclic amines) is 2. The van der Waals surface area contributed by atoms with Crippen LogP contribution in [0.4, 0.5) is 4.79 Å². The van der Waals surface area contributed by atoms with Crippen molar-refractivity contribution in [2.45, 2.75) is 70.8 Å². The maximum atomic E-state index is 12.6. The summed E-state index contributed by atoms with van der Waals surface area (Å²) in [6.07, 6.45) is 8.87. The van der Waals surface area contributed by atoms with Crippen LogP contribution in [0.2, 0.25) is 5.15 Å². The zero-order chi connectivity index (χ0) is 23.2. The van der Waals surface area contributed by atoms with Gasteiger partial charge in [-0.2, -0.15) is 0 Å². The third-order valence-corrected chi connectivity index (χ3v) is 7.45. The first kappa shape index (κ1) is 22.9. The average Bonchev–Trinajstić information content (AvgIpc) is 3.46. The number of rotatable bonds is 3. The molecular formula is C24H34ClN5O3. The van der Waals surface area contributed by atoms with E-state index in [-0.39, 0.29) is 23.8 Å². The lowest BCUT2D eigenvalue weighted by atomic mass is 9.79. The van der Waals surface area contributed by atoms with Crippen molar-refractivity contribution in [3.05, 3.63) is 23.7 Å². The molecule has 5 rings (SSSR count). The Morgan fingerprint density at radius 3 is 2.91 bits per heavy atom. The van der Waals surface area contributed by atoms with Gasteiger partial charge < -0.3 is 23.8 Å². The van der Waals surface area contributed by atoms with E-state index in [0.29, 0.717) is 5.15 Å². The Kier molecular flexibility index (Phi) is 6.04. The minimum Gasteiger partial charge on any atom is -0.444 e. The van der Waals surface area contributed by atoms with Crippen molar-refractivity contribution in [2.75, 3.05) is 32.7 Å². The maximum absolute atomic E-state index is 12.6. The summed E-state index contributed by atoms with van der Waals surface area (Å²) in [5.74, 6) is 0. The standard InChI is InChI=1S/C24H34ClN5O3/c1-23(2,3)33-22(31)29-12-9-24(15-29)8-4-10-28(14-24)13-17-5-6-19(32-17)30-11-7-18-20(25)26-16-27-21(18)30/h7,11,16-17,19H,4-6,8-10,12-15H2,1-3H3. The fourth-order valence-corrected chi connectivity index (χ4v) is 5.89. The number of halogens is 1. The monoisotopic (exact) mass is 475 g/mol. The Balaban J connectivity index is 1.18. The molecular weight excluding hydrogens is 442 g/mol. The SMILES string of the molecule is CC(C)(C)OC(=O)N1CCC2(CCCN(CC3CCC(n4ccc5c(Cl)ncnc54)O3)C2)C1. The van der Waals surface area contributed by atoms with Crippen LogP contribution in [0.25, 0.3) is 11.0 Å². The van der Waals surface area contributed by atoms with E-state index in [9.17, 15) is 4.79 Å². The summed E-state index contributed by atoms with van der Waals surface area (Å²) < 4.78 is 14.1. The molecule has 3 saturated heterocycles. The molecule has 3 atom stereocenters. The van der Waals surface area contributed by atoms with E-state index in [1.54, 1.807) is 0 Å². The highest BCUT2D eigenvalue weighted by atomic mass is 35.5. The van der Waals surface area contributed by atoms with Crippen LogP contribution in [0.5, 0.6) is 0 Å². The second kappa shape index (κ2) is 8.71. The van der Waals surface area contributed by atoms with Crippen molar-refractivity contribution < 1.29 is 14.3 Å². The fraction of sp³-hybridized carbons (Fsp3) is 0.708. The van der Waals surface area contributed by atoms with E-state index in [2.05, 4.69) is 19.4 Å². The molecule has 180 valence electrons. The van der Waals surface area contributed by atoms with E-state index < -0.39 is 5.60 Å². The van der Waals surface area contributed by atoms with Gasteiger partial charge in [-0.3, -0.25) is 0 Å². The van der Waals surface area contributed by atoms with Crippen LogP contribution in [0, 0.1) is 5.41 Å². The summed E-state index contributed by atoms with van der Waals surface area (Å²) in [4.78, 5) is 25.5. The van der Waals surface area contributed by atoms with E-state index in [1.807, 2.05) is 37.9 Å². The molecule has 0 radical (unpaired) electrons. The summed E-state index contributed by atoms with van der Waals surface area (Å²) in [5.41, 5.74) is 0.549. The lowest BCUT2D eigenvalue weighted by Gasteiger charge is -2.41. The molecule has 0 aromatic carbocycles. The lowest BCUT2D eigenvalue weighted by molar-refractivity contribution is -0.0243. The van der Waals surface area contributed by atoms with Crippen molar-refractivity contribution in [1.82, 2.24) is 24.3 Å². The van der Waals surface area contributed by atoms with Gasteiger partial charge in [-0.25, -0.2) is 14.8 Å². The number of ether oxygens (including phenoxy) is 2. The normalized spacial score (nSPS) is 28.8. The zero-order valence-corrected chi connectivity index (χ0v) is 20.6. The largest absolute Gasteiger partial charge is 0.444 e. The number of hydrogen-bond acceptors (Lipinski definition) is 6. The molecule has 5 heterocycles. The number of fused-ring (bicyclic) bond motifs is 1. The Bertz CT molecular complexity index is 1020. The quantitative estimate of drug-likeness (QED) is 0.609. The Morgan fingerprint density at radius 2 is 2.09 bits per heavy atom. The summed E-state index contributed by atoms with van der Waals surface area (Å²) in [7, 11) is 0. The fourth-order valence-electron chi connectivity index (χ4n) is 5.70. The molecule has 2 aromatic rings. The van der Waals surface area contributed by atoms with E-state index in [4.69, 9.17) is 21.1 Å². The van der Waals surface area contributed by atoms with Crippen LogP contribution >= 0.6 is 11.6 Å². The summed E-state index contributed by atoms with van der Waals surface area (Å²) in [5, 5.41) is 1.34. The molecule has 0 N–H and O–H groups in total. The smallest absolute Gasteiger partial charge is 0.410 e. The highest BCUT2D eigenvalue weighted by Gasteiger charge is 2.44. The van der Waals surface area contributed by atoms with Gasteiger partial charge in [-0.1, -0.05) is 11.6 Å². The first-order valence-electron chi connectivity index (χ1n) is 12.0. The van der Waals surface area contributed by atoms with Crippen molar-refractivity contribution in [3.8, 4) is 0 Å². The van der Waals surface area contributed by atoms with Gasteiger partial charge in [0.25, 0.3) is 0 Å². The first-order valence-corrected chi connectivity index (χ1v) is 12.4. The van der Waals surface area contributed by atoms with Crippen LogP contribution in [0.15, 0.2) is 18.6 Å². The summed E-state index contributed by atoms with van der Waals surface area (Å²) in [6, 6.07) is 1.96. The van der Waals surface area contributed by atoms with Gasteiger partial charge in [0, 0.05) is 37.8 Å². The number of piperidine rings is 1. The molecule has 1 spiro atoms. The topological polar surface area (TPSA) is 72.7 Å². The Labute approximate surface area is 200 Å². The van der Waals surface area contributed by atoms with Gasteiger partial charge in [0.05, 0.1) is 11.5 Å². The molecule has 9 heteroatoms.